The highest BCUT2D eigenvalue weighted by Crippen LogP contribution is 2.05. The van der Waals surface area contributed by atoms with Crippen LogP contribution in [0.4, 0.5) is 0 Å². The van der Waals surface area contributed by atoms with E-state index >= 15 is 0 Å². The average molecular weight is 226 g/mol. The molecule has 0 amide bonds. The third-order valence-corrected chi connectivity index (χ3v) is 2.92. The lowest BCUT2D eigenvalue weighted by Gasteiger charge is -2.26. The van der Waals surface area contributed by atoms with Gasteiger partial charge in [0.05, 0.1) is 0 Å². The number of likely N-dealkylation sites (N-methyl/N-ethyl adjacent to an activating group) is 1. The van der Waals surface area contributed by atoms with Crippen LogP contribution in [0.3, 0.4) is 0 Å². The van der Waals surface area contributed by atoms with E-state index in [4.69, 9.17) is 0 Å². The molecule has 0 rings (SSSR count). The second kappa shape index (κ2) is 9.86. The van der Waals surface area contributed by atoms with E-state index in [-0.39, 0.29) is 0 Å². The Labute approximate surface area is 102 Å². The lowest BCUT2D eigenvalue weighted by atomic mass is 10.1. The Morgan fingerprint density at radius 3 is 2.50 bits per heavy atom. The molecule has 0 radical (unpaired) electrons. The van der Waals surface area contributed by atoms with Gasteiger partial charge in [0.1, 0.15) is 0 Å². The van der Waals surface area contributed by atoms with Crippen molar-refractivity contribution in [2.24, 2.45) is 5.92 Å². The van der Waals surface area contributed by atoms with Crippen LogP contribution in [-0.2, 0) is 0 Å². The third-order valence-electron chi connectivity index (χ3n) is 2.92. The topological polar surface area (TPSA) is 15.3 Å². The lowest BCUT2D eigenvalue weighted by Crippen LogP contribution is -2.33. The molecule has 0 aliphatic carbocycles. The second-order valence-electron chi connectivity index (χ2n) is 4.97. The van der Waals surface area contributed by atoms with Crippen molar-refractivity contribution >= 4 is 0 Å². The fourth-order valence-electron chi connectivity index (χ4n) is 1.88. The molecule has 96 valence electrons. The molecule has 0 bridgehead atoms. The van der Waals surface area contributed by atoms with E-state index in [0.29, 0.717) is 6.04 Å². The van der Waals surface area contributed by atoms with E-state index < -0.39 is 0 Å². The monoisotopic (exact) mass is 226 g/mol. The SMILES string of the molecule is C=CCN(CC)C(C)CCCNCC(C)C. The largest absolute Gasteiger partial charge is 0.316 e. The van der Waals surface area contributed by atoms with Crippen LogP contribution in [-0.4, -0.2) is 37.1 Å². The predicted octanol–water partition coefficient (Wildman–Crippen LogP) is 2.91. The zero-order chi connectivity index (χ0) is 12.4. The van der Waals surface area contributed by atoms with Crippen LogP contribution in [0.15, 0.2) is 12.7 Å². The van der Waals surface area contributed by atoms with Crippen molar-refractivity contribution in [2.75, 3.05) is 26.2 Å². The van der Waals surface area contributed by atoms with Crippen molar-refractivity contribution in [3.05, 3.63) is 12.7 Å². The molecular weight excluding hydrogens is 196 g/mol. The van der Waals surface area contributed by atoms with E-state index in [1.807, 2.05) is 6.08 Å². The van der Waals surface area contributed by atoms with Crippen molar-refractivity contribution in [1.82, 2.24) is 10.2 Å². The summed E-state index contributed by atoms with van der Waals surface area (Å²) in [6, 6.07) is 0.670. The number of hydrogen-bond donors (Lipinski definition) is 1. The van der Waals surface area contributed by atoms with E-state index in [1.165, 1.54) is 12.8 Å². The van der Waals surface area contributed by atoms with Crippen LogP contribution in [0, 0.1) is 5.92 Å². The minimum Gasteiger partial charge on any atom is -0.316 e. The molecule has 0 saturated heterocycles. The Balaban J connectivity index is 3.54. The van der Waals surface area contributed by atoms with Crippen LogP contribution in [0.25, 0.3) is 0 Å². The summed E-state index contributed by atoms with van der Waals surface area (Å²) in [7, 11) is 0. The van der Waals surface area contributed by atoms with Gasteiger partial charge in [0.25, 0.3) is 0 Å². The standard InChI is InChI=1S/C14H30N2/c1-6-11-16(7-2)14(5)9-8-10-15-12-13(3)4/h6,13-15H,1,7-12H2,2-5H3. The molecule has 0 aromatic heterocycles. The molecule has 0 saturated carbocycles. The Hall–Kier alpha value is -0.340. The molecule has 1 atom stereocenters. The van der Waals surface area contributed by atoms with Gasteiger partial charge < -0.3 is 5.32 Å². The first kappa shape index (κ1) is 15.7. The summed E-state index contributed by atoms with van der Waals surface area (Å²) >= 11 is 0. The molecule has 1 N–H and O–H groups in total. The zero-order valence-corrected chi connectivity index (χ0v) is 11.6. The maximum atomic E-state index is 3.81. The Morgan fingerprint density at radius 2 is 2.00 bits per heavy atom. The van der Waals surface area contributed by atoms with Gasteiger partial charge in [0.2, 0.25) is 0 Å². The highest BCUT2D eigenvalue weighted by molar-refractivity contribution is 4.76. The van der Waals surface area contributed by atoms with E-state index in [9.17, 15) is 0 Å². The summed E-state index contributed by atoms with van der Waals surface area (Å²) in [5.41, 5.74) is 0. The molecule has 2 nitrogen and oxygen atoms in total. The Kier molecular flexibility index (Phi) is 9.65. The number of nitrogens with zero attached hydrogens (tertiary/aromatic N) is 1. The molecule has 0 spiro atoms. The van der Waals surface area contributed by atoms with Crippen molar-refractivity contribution < 1.29 is 0 Å². The van der Waals surface area contributed by atoms with Gasteiger partial charge in [-0.05, 0) is 45.3 Å². The molecule has 2 heteroatoms. The highest BCUT2D eigenvalue weighted by Gasteiger charge is 2.09. The number of nitrogens with one attached hydrogen (secondary N) is 1. The van der Waals surface area contributed by atoms with E-state index in [0.717, 1.165) is 32.1 Å². The fourth-order valence-corrected chi connectivity index (χ4v) is 1.88. The Morgan fingerprint density at radius 1 is 1.31 bits per heavy atom. The van der Waals surface area contributed by atoms with Crippen LogP contribution in [0.2, 0.25) is 0 Å². The summed E-state index contributed by atoms with van der Waals surface area (Å²) in [5.74, 6) is 0.755. The Bertz CT molecular complexity index is 166. The van der Waals surface area contributed by atoms with Crippen molar-refractivity contribution in [3.63, 3.8) is 0 Å². The maximum absolute atomic E-state index is 3.81. The van der Waals surface area contributed by atoms with Crippen molar-refractivity contribution in [2.45, 2.75) is 46.6 Å². The van der Waals surface area contributed by atoms with E-state index in [1.54, 1.807) is 0 Å². The first-order chi connectivity index (χ1) is 7.61. The minimum atomic E-state index is 0.670. The molecule has 16 heavy (non-hydrogen) atoms. The zero-order valence-electron chi connectivity index (χ0n) is 11.6. The summed E-state index contributed by atoms with van der Waals surface area (Å²) in [6.07, 6.45) is 4.53. The highest BCUT2D eigenvalue weighted by atomic mass is 15.1. The maximum Gasteiger partial charge on any atom is 0.0163 e. The summed E-state index contributed by atoms with van der Waals surface area (Å²) < 4.78 is 0. The smallest absolute Gasteiger partial charge is 0.0163 e. The molecule has 0 aliphatic heterocycles. The van der Waals surface area contributed by atoms with Gasteiger partial charge in [-0.25, -0.2) is 0 Å². The molecule has 0 fully saturated rings. The number of rotatable bonds is 10. The van der Waals surface area contributed by atoms with Crippen LogP contribution in [0.1, 0.15) is 40.5 Å². The molecule has 1 unspecified atom stereocenters. The second-order valence-corrected chi connectivity index (χ2v) is 4.97. The minimum absolute atomic E-state index is 0.670. The molecular formula is C14H30N2. The molecule has 0 aliphatic rings. The summed E-state index contributed by atoms with van der Waals surface area (Å²) in [6.45, 7) is 17.3. The van der Waals surface area contributed by atoms with Gasteiger partial charge in [-0.1, -0.05) is 26.8 Å². The van der Waals surface area contributed by atoms with Crippen molar-refractivity contribution in [3.8, 4) is 0 Å². The van der Waals surface area contributed by atoms with Gasteiger partial charge >= 0.3 is 0 Å². The summed E-state index contributed by atoms with van der Waals surface area (Å²) in [5, 5.41) is 3.49. The quantitative estimate of drug-likeness (QED) is 0.455. The van der Waals surface area contributed by atoms with Crippen LogP contribution >= 0.6 is 0 Å². The molecule has 0 heterocycles. The normalized spacial score (nSPS) is 13.4. The first-order valence-corrected chi connectivity index (χ1v) is 6.67. The van der Waals surface area contributed by atoms with Gasteiger partial charge in [-0.2, -0.15) is 0 Å². The average Bonchev–Trinajstić information content (AvgIpc) is 2.24. The first-order valence-electron chi connectivity index (χ1n) is 6.67. The summed E-state index contributed by atoms with van der Waals surface area (Å²) in [4.78, 5) is 2.47. The van der Waals surface area contributed by atoms with Gasteiger partial charge in [0.15, 0.2) is 0 Å². The molecule has 0 aromatic carbocycles. The number of hydrogen-bond acceptors (Lipinski definition) is 2. The predicted molar refractivity (Wildman–Crippen MR) is 73.8 cm³/mol. The third kappa shape index (κ3) is 7.89. The van der Waals surface area contributed by atoms with Crippen LogP contribution in [0.5, 0.6) is 0 Å². The van der Waals surface area contributed by atoms with Crippen molar-refractivity contribution in [1.29, 1.82) is 0 Å². The van der Waals surface area contributed by atoms with Gasteiger partial charge in [-0.15, -0.1) is 6.58 Å². The van der Waals surface area contributed by atoms with Gasteiger partial charge in [0, 0.05) is 12.6 Å². The van der Waals surface area contributed by atoms with Gasteiger partial charge in [-0.3, -0.25) is 4.90 Å². The van der Waals surface area contributed by atoms with E-state index in [2.05, 4.69) is 44.5 Å². The van der Waals surface area contributed by atoms with Crippen LogP contribution < -0.4 is 5.32 Å². The fraction of sp³-hybridized carbons (Fsp3) is 0.857. The molecule has 0 aromatic rings. The lowest BCUT2D eigenvalue weighted by molar-refractivity contribution is 0.229.